The van der Waals surface area contributed by atoms with Gasteiger partial charge in [0, 0.05) is 51.9 Å². The minimum absolute atomic E-state index is 0.153. The van der Waals surface area contributed by atoms with Crippen LogP contribution in [0, 0.1) is 23.2 Å². The highest BCUT2D eigenvalue weighted by Gasteiger charge is 2.37. The average molecular weight is 815 g/mol. The van der Waals surface area contributed by atoms with Crippen LogP contribution in [0.25, 0.3) is 16.7 Å². The third-order valence-electron chi connectivity index (χ3n) is 13.2. The van der Waals surface area contributed by atoms with E-state index < -0.39 is 0 Å². The number of ether oxygens (including phenoxy) is 2. The fourth-order valence-electron chi connectivity index (χ4n) is 8.74. The first kappa shape index (κ1) is 43.0. The molecule has 314 valence electrons. The van der Waals surface area contributed by atoms with Crippen molar-refractivity contribution in [1.82, 2.24) is 10.3 Å². The second kappa shape index (κ2) is 19.5. The Labute approximate surface area is 360 Å². The highest BCUT2D eigenvalue weighted by Crippen LogP contribution is 2.44. The zero-order valence-corrected chi connectivity index (χ0v) is 36.3. The summed E-state index contributed by atoms with van der Waals surface area (Å²) in [7, 11) is 0. The minimum Gasteiger partial charge on any atom is -0.491 e. The molecule has 4 heterocycles. The lowest BCUT2D eigenvalue weighted by Crippen LogP contribution is -2.37. The molecule has 2 N–H and O–H groups in total. The zero-order valence-electron chi connectivity index (χ0n) is 36.3. The SMILES string of the molecule is CCC(C)C(C)C(C)(CCOCCOc1ccc(/C(C2=NC(/C(=C3/C=CC(=O)N3)c3ccccc3)C=C2)=c2\cc/c(=C(/C3=NC(=O)C=C3)c3ccccc3)[nH]2)cc1)C(C)CC. The Balaban J connectivity index is 1.19. The number of carbonyl (C=O) groups is 2. The summed E-state index contributed by atoms with van der Waals surface area (Å²) < 4.78 is 12.4. The highest BCUT2D eigenvalue weighted by molar-refractivity contribution is 6.34. The van der Waals surface area contributed by atoms with Crippen LogP contribution in [0.5, 0.6) is 5.75 Å². The van der Waals surface area contributed by atoms with Crippen LogP contribution in [0.2, 0.25) is 0 Å². The Hall–Kier alpha value is -6.12. The van der Waals surface area contributed by atoms with Gasteiger partial charge in [-0.2, -0.15) is 0 Å². The van der Waals surface area contributed by atoms with Crippen molar-refractivity contribution < 1.29 is 19.1 Å². The van der Waals surface area contributed by atoms with Gasteiger partial charge >= 0.3 is 0 Å². The molecule has 0 bridgehead atoms. The topological polar surface area (TPSA) is 105 Å². The molecule has 0 saturated heterocycles. The third kappa shape index (κ3) is 9.76. The molecule has 61 heavy (non-hydrogen) atoms. The predicted octanol–water partition coefficient (Wildman–Crippen LogP) is 8.95. The van der Waals surface area contributed by atoms with Gasteiger partial charge in [-0.05, 0) is 88.8 Å². The molecule has 0 fully saturated rings. The molecule has 4 aromatic rings. The van der Waals surface area contributed by atoms with Gasteiger partial charge < -0.3 is 19.8 Å². The molecule has 3 aliphatic heterocycles. The quantitative estimate of drug-likeness (QED) is 0.0980. The lowest BCUT2D eigenvalue weighted by molar-refractivity contribution is -0.115. The Morgan fingerprint density at radius 2 is 1.36 bits per heavy atom. The average Bonchev–Trinajstić information content (AvgIpc) is 4.13. The van der Waals surface area contributed by atoms with Crippen LogP contribution in [0.4, 0.5) is 0 Å². The Kier molecular flexibility index (Phi) is 13.7. The molecule has 5 atom stereocenters. The van der Waals surface area contributed by atoms with Crippen molar-refractivity contribution in [3.63, 3.8) is 0 Å². The van der Waals surface area contributed by atoms with Crippen molar-refractivity contribution >= 4 is 40.0 Å². The van der Waals surface area contributed by atoms with E-state index in [0.29, 0.717) is 43.3 Å². The molecule has 3 aliphatic rings. The molecule has 1 aromatic heterocycles. The number of carbonyl (C=O) groups excluding carboxylic acids is 2. The molecule has 8 heteroatoms. The number of aromatic nitrogens is 1. The van der Waals surface area contributed by atoms with Crippen molar-refractivity contribution in [2.45, 2.75) is 66.8 Å². The summed E-state index contributed by atoms with van der Waals surface area (Å²) in [5.74, 6) is 2.23. The summed E-state index contributed by atoms with van der Waals surface area (Å²) in [4.78, 5) is 37.9. The fourth-order valence-corrected chi connectivity index (χ4v) is 8.74. The number of H-pyrrole nitrogens is 1. The number of hydrogen-bond acceptors (Lipinski definition) is 5. The van der Waals surface area contributed by atoms with Gasteiger partial charge in [0.15, 0.2) is 0 Å². The van der Waals surface area contributed by atoms with Gasteiger partial charge in [0.05, 0.1) is 24.1 Å². The number of aromatic amines is 1. The van der Waals surface area contributed by atoms with Crippen molar-refractivity contribution in [3.8, 4) is 5.75 Å². The number of aliphatic imine (C=N–C) groups is 2. The number of nitrogens with zero attached hydrogens (tertiary/aromatic N) is 2. The van der Waals surface area contributed by atoms with Gasteiger partial charge in [0.25, 0.3) is 5.91 Å². The fraction of sp³-hybridized carbons (Fsp3) is 0.321. The summed E-state index contributed by atoms with van der Waals surface area (Å²) in [6.45, 7) is 15.9. The van der Waals surface area contributed by atoms with Crippen molar-refractivity contribution in [2.75, 3.05) is 19.8 Å². The van der Waals surface area contributed by atoms with Gasteiger partial charge in [-0.3, -0.25) is 14.6 Å². The molecule has 3 aromatic carbocycles. The van der Waals surface area contributed by atoms with Crippen LogP contribution < -0.4 is 20.8 Å². The van der Waals surface area contributed by atoms with Crippen LogP contribution >= 0.6 is 0 Å². The molecular formula is C53H58N4O4. The van der Waals surface area contributed by atoms with E-state index in [1.807, 2.05) is 97.1 Å². The number of benzene rings is 3. The molecule has 7 rings (SSSR count). The minimum atomic E-state index is -0.348. The number of amides is 2. The maximum Gasteiger partial charge on any atom is 0.270 e. The first-order valence-corrected chi connectivity index (χ1v) is 21.8. The van der Waals surface area contributed by atoms with Crippen LogP contribution in [0.1, 0.15) is 77.5 Å². The molecule has 0 spiro atoms. The van der Waals surface area contributed by atoms with E-state index in [1.54, 1.807) is 12.2 Å². The van der Waals surface area contributed by atoms with Crippen LogP contribution in [-0.2, 0) is 14.3 Å². The second-order valence-corrected chi connectivity index (χ2v) is 16.6. The van der Waals surface area contributed by atoms with Crippen LogP contribution in [-0.4, -0.2) is 54.1 Å². The van der Waals surface area contributed by atoms with E-state index in [4.69, 9.17) is 14.5 Å². The predicted molar refractivity (Wildman–Crippen MR) is 248 cm³/mol. The Morgan fingerprint density at radius 3 is 1.97 bits per heavy atom. The summed E-state index contributed by atoms with van der Waals surface area (Å²) in [5, 5.41) is 4.67. The van der Waals surface area contributed by atoms with Crippen molar-refractivity contribution in [1.29, 1.82) is 0 Å². The van der Waals surface area contributed by atoms with E-state index >= 15 is 0 Å². The normalized spacial score (nSPS) is 20.1. The van der Waals surface area contributed by atoms with Gasteiger partial charge in [-0.15, -0.1) is 0 Å². The van der Waals surface area contributed by atoms with Gasteiger partial charge in [-0.25, -0.2) is 4.99 Å². The molecule has 0 radical (unpaired) electrons. The van der Waals surface area contributed by atoms with Crippen LogP contribution in [0.15, 0.2) is 149 Å². The molecule has 5 unspecified atom stereocenters. The first-order chi connectivity index (χ1) is 29.6. The maximum atomic E-state index is 12.3. The van der Waals surface area contributed by atoms with E-state index in [-0.39, 0.29) is 23.3 Å². The molecule has 8 nitrogen and oxygen atoms in total. The highest BCUT2D eigenvalue weighted by atomic mass is 16.5. The van der Waals surface area contributed by atoms with Gasteiger partial charge in [-0.1, -0.05) is 133 Å². The Bertz CT molecular complexity index is 2520. The molecule has 0 aliphatic carbocycles. The van der Waals surface area contributed by atoms with Crippen molar-refractivity contribution in [2.24, 2.45) is 33.2 Å². The first-order valence-electron chi connectivity index (χ1n) is 21.8. The Morgan fingerprint density at radius 1 is 0.705 bits per heavy atom. The van der Waals surface area contributed by atoms with E-state index in [0.717, 1.165) is 74.1 Å². The number of nitrogens with one attached hydrogen (secondary N) is 2. The summed E-state index contributed by atoms with van der Waals surface area (Å²) in [5.41, 5.74) is 7.84. The lowest BCUT2D eigenvalue weighted by Gasteiger charge is -2.43. The van der Waals surface area contributed by atoms with Crippen LogP contribution in [0.3, 0.4) is 0 Å². The molecular weight excluding hydrogens is 757 g/mol. The zero-order chi connectivity index (χ0) is 42.9. The lowest BCUT2D eigenvalue weighted by atomic mass is 9.62. The summed E-state index contributed by atoms with van der Waals surface area (Å²) >= 11 is 0. The van der Waals surface area contributed by atoms with E-state index in [1.165, 1.54) is 12.5 Å². The largest absolute Gasteiger partial charge is 0.491 e. The summed E-state index contributed by atoms with van der Waals surface area (Å²) in [6, 6.07) is 31.8. The monoisotopic (exact) mass is 814 g/mol. The number of hydrogen-bond donors (Lipinski definition) is 2. The van der Waals surface area contributed by atoms with Crippen molar-refractivity contribution in [3.05, 3.63) is 167 Å². The van der Waals surface area contributed by atoms with E-state index in [2.05, 4.69) is 75.0 Å². The van der Waals surface area contributed by atoms with Gasteiger partial charge in [0.2, 0.25) is 5.91 Å². The number of rotatable bonds is 18. The molecule has 0 saturated carbocycles. The standard InChI is InChI=1S/C53H58N4O4/c1-7-35(3)37(5)53(6,36(4)8-2)31-32-60-33-34-61-41-21-19-40(20-22-41)52(44-25-23-42(54-44)50(38-15-11-9-12-16-38)46-27-29-48(58)56-46)45-26-24-43(55-45)51(39-17-13-10-14-18-39)47-28-30-49(59)57-47/h9-30,35-37,42,55H,7-8,31-34H2,1-6H3,(H,56,58)/b50-46-,51-43-,52-45-. The van der Waals surface area contributed by atoms with E-state index in [9.17, 15) is 9.59 Å². The van der Waals surface area contributed by atoms with Gasteiger partial charge in [0.1, 0.15) is 12.4 Å². The maximum absolute atomic E-state index is 12.3. The second-order valence-electron chi connectivity index (χ2n) is 16.6. The molecule has 2 amide bonds. The number of allylic oxidation sites excluding steroid dienone is 3. The smallest absolute Gasteiger partial charge is 0.270 e. The third-order valence-corrected chi connectivity index (χ3v) is 13.2. The summed E-state index contributed by atoms with van der Waals surface area (Å²) in [6.07, 6.45) is 14.1.